The fourth-order valence-electron chi connectivity index (χ4n) is 0.868. The molecule has 0 rings (SSSR count). The van der Waals surface area contributed by atoms with Crippen molar-refractivity contribution in [1.29, 1.82) is 0 Å². The normalized spacial score (nSPS) is 10.8. The van der Waals surface area contributed by atoms with E-state index < -0.39 is 5.97 Å². The lowest BCUT2D eigenvalue weighted by atomic mass is 10.1. The van der Waals surface area contributed by atoms with Crippen LogP contribution in [0, 0.1) is 0 Å². The molecule has 4 heteroatoms. The quantitative estimate of drug-likeness (QED) is 0.367. The Labute approximate surface area is 75.4 Å². The minimum Gasteiger partial charge on any atom is -0.478 e. The van der Waals surface area contributed by atoms with Crippen molar-refractivity contribution in [2.75, 3.05) is 7.11 Å². The van der Waals surface area contributed by atoms with Crippen LogP contribution in [0.15, 0.2) is 12.2 Å². The van der Waals surface area contributed by atoms with E-state index in [2.05, 4.69) is 6.58 Å². The van der Waals surface area contributed by atoms with E-state index in [9.17, 15) is 4.79 Å². The maximum Gasteiger partial charge on any atom is 0.330 e. The largest absolute Gasteiger partial charge is 0.478 e. The van der Waals surface area contributed by atoms with Crippen molar-refractivity contribution in [2.24, 2.45) is 0 Å². The summed E-state index contributed by atoms with van der Waals surface area (Å²) in [5.74, 6) is -0.876. The van der Waals surface area contributed by atoms with Gasteiger partial charge in [0.1, 0.15) is 0 Å². The third-order valence-electron chi connectivity index (χ3n) is 1.63. The predicted molar refractivity (Wildman–Crippen MR) is 51.0 cm³/mol. The van der Waals surface area contributed by atoms with Crippen LogP contribution in [0.2, 0.25) is 6.04 Å². The minimum atomic E-state index is -0.876. The van der Waals surface area contributed by atoms with Crippen molar-refractivity contribution in [2.45, 2.75) is 25.3 Å². The zero-order chi connectivity index (χ0) is 9.40. The van der Waals surface area contributed by atoms with Crippen LogP contribution in [0.3, 0.4) is 0 Å². The zero-order valence-electron chi connectivity index (χ0n) is 7.51. The second-order valence-electron chi connectivity index (χ2n) is 2.71. The molecule has 0 aliphatic carbocycles. The van der Waals surface area contributed by atoms with Gasteiger partial charge < -0.3 is 9.53 Å². The Morgan fingerprint density at radius 2 is 2.25 bits per heavy atom. The van der Waals surface area contributed by atoms with Crippen LogP contribution in [-0.2, 0) is 9.22 Å². The first-order chi connectivity index (χ1) is 5.68. The van der Waals surface area contributed by atoms with Crippen LogP contribution >= 0.6 is 0 Å². The van der Waals surface area contributed by atoms with Gasteiger partial charge in [-0.25, -0.2) is 4.79 Å². The fourth-order valence-corrected chi connectivity index (χ4v) is 1.71. The Morgan fingerprint density at radius 3 is 2.75 bits per heavy atom. The van der Waals surface area contributed by atoms with Crippen LogP contribution < -0.4 is 0 Å². The van der Waals surface area contributed by atoms with Crippen molar-refractivity contribution in [3.05, 3.63) is 12.2 Å². The van der Waals surface area contributed by atoms with Crippen molar-refractivity contribution < 1.29 is 14.3 Å². The lowest BCUT2D eigenvalue weighted by Gasteiger charge is -1.99. The number of rotatable bonds is 7. The van der Waals surface area contributed by atoms with E-state index >= 15 is 0 Å². The summed E-state index contributed by atoms with van der Waals surface area (Å²) in [6.07, 6.45) is 2.58. The first kappa shape index (κ1) is 11.4. The van der Waals surface area contributed by atoms with E-state index in [1.54, 1.807) is 7.11 Å². The standard InChI is InChI=1S/C8H16O3Si/c1-7(8(9)10)5-3-4-6-12-11-2/h1,3-6,12H2,2H3,(H,9,10). The molecule has 0 heterocycles. The van der Waals surface area contributed by atoms with Crippen molar-refractivity contribution in [1.82, 2.24) is 0 Å². The lowest BCUT2D eigenvalue weighted by Crippen LogP contribution is -1.99. The highest BCUT2D eigenvalue weighted by Crippen LogP contribution is 2.06. The number of carbonyl (C=O) groups is 1. The Bertz CT molecular complexity index is 156. The first-order valence-electron chi connectivity index (χ1n) is 4.08. The van der Waals surface area contributed by atoms with Crippen LogP contribution in [0.1, 0.15) is 19.3 Å². The molecule has 0 aliphatic heterocycles. The molecule has 0 aliphatic rings. The summed E-state index contributed by atoms with van der Waals surface area (Å²) < 4.78 is 5.00. The first-order valence-corrected chi connectivity index (χ1v) is 5.66. The summed E-state index contributed by atoms with van der Waals surface area (Å²) in [5.41, 5.74) is 0.314. The number of unbranched alkanes of at least 4 members (excludes halogenated alkanes) is 1. The Morgan fingerprint density at radius 1 is 1.58 bits per heavy atom. The van der Waals surface area contributed by atoms with Crippen LogP contribution in [-0.4, -0.2) is 27.9 Å². The summed E-state index contributed by atoms with van der Waals surface area (Å²) in [6, 6.07) is 1.13. The van der Waals surface area contributed by atoms with Crippen molar-refractivity contribution in [3.63, 3.8) is 0 Å². The minimum absolute atomic E-state index is 0.314. The van der Waals surface area contributed by atoms with E-state index in [0.717, 1.165) is 18.9 Å². The van der Waals surface area contributed by atoms with Gasteiger partial charge in [-0.15, -0.1) is 0 Å². The van der Waals surface area contributed by atoms with Gasteiger partial charge in [0, 0.05) is 12.7 Å². The van der Waals surface area contributed by atoms with Crippen LogP contribution in [0.25, 0.3) is 0 Å². The highest BCUT2D eigenvalue weighted by atomic mass is 28.2. The SMILES string of the molecule is C=C(CCCC[SiH2]OC)C(=O)O. The molecular formula is C8H16O3Si. The van der Waals surface area contributed by atoms with E-state index in [-0.39, 0.29) is 9.76 Å². The molecule has 0 amide bonds. The monoisotopic (exact) mass is 188 g/mol. The molecule has 0 fully saturated rings. The van der Waals surface area contributed by atoms with Gasteiger partial charge in [0.25, 0.3) is 0 Å². The molecule has 0 aromatic carbocycles. The topological polar surface area (TPSA) is 46.5 Å². The zero-order valence-corrected chi connectivity index (χ0v) is 8.92. The maximum atomic E-state index is 10.3. The number of carboxylic acid groups (broad SMARTS) is 1. The molecule has 1 N–H and O–H groups in total. The average Bonchev–Trinajstić information content (AvgIpc) is 2.03. The fraction of sp³-hybridized carbons (Fsp3) is 0.625. The van der Waals surface area contributed by atoms with Crippen LogP contribution in [0.4, 0.5) is 0 Å². The Balaban J connectivity index is 3.20. The van der Waals surface area contributed by atoms with Crippen LogP contribution in [0.5, 0.6) is 0 Å². The molecule has 0 saturated heterocycles. The second-order valence-corrected chi connectivity index (χ2v) is 4.40. The van der Waals surface area contributed by atoms with Gasteiger partial charge in [-0.3, -0.25) is 0 Å². The Kier molecular flexibility index (Phi) is 6.70. The molecule has 0 radical (unpaired) electrons. The summed E-state index contributed by atoms with van der Waals surface area (Å²) in [5, 5.41) is 8.47. The maximum absolute atomic E-state index is 10.3. The Hall–Kier alpha value is -0.613. The summed E-state index contributed by atoms with van der Waals surface area (Å²) in [4.78, 5) is 10.3. The average molecular weight is 188 g/mol. The number of carboxylic acids is 1. The van der Waals surface area contributed by atoms with E-state index in [1.165, 1.54) is 0 Å². The lowest BCUT2D eigenvalue weighted by molar-refractivity contribution is -0.132. The van der Waals surface area contributed by atoms with E-state index in [1.807, 2.05) is 0 Å². The van der Waals surface area contributed by atoms with Gasteiger partial charge >= 0.3 is 5.97 Å². The van der Waals surface area contributed by atoms with Gasteiger partial charge in [0.15, 0.2) is 9.76 Å². The van der Waals surface area contributed by atoms with E-state index in [0.29, 0.717) is 12.0 Å². The third kappa shape index (κ3) is 6.12. The molecule has 12 heavy (non-hydrogen) atoms. The predicted octanol–water partition coefficient (Wildman–Crippen LogP) is 0.946. The summed E-state index contributed by atoms with van der Waals surface area (Å²) in [7, 11) is 1.40. The number of hydrogen-bond donors (Lipinski definition) is 1. The van der Waals surface area contributed by atoms with Crippen molar-refractivity contribution in [3.8, 4) is 0 Å². The summed E-state index contributed by atoms with van der Waals surface area (Å²) in [6.45, 7) is 3.45. The van der Waals surface area contributed by atoms with Gasteiger partial charge in [-0.05, 0) is 18.9 Å². The molecule has 0 aromatic rings. The third-order valence-corrected chi connectivity index (χ3v) is 2.83. The molecular weight excluding hydrogens is 172 g/mol. The smallest absolute Gasteiger partial charge is 0.330 e. The second kappa shape index (κ2) is 7.06. The molecule has 0 unspecified atom stereocenters. The van der Waals surface area contributed by atoms with Crippen molar-refractivity contribution >= 4 is 15.7 Å². The molecule has 0 bridgehead atoms. The van der Waals surface area contributed by atoms with Gasteiger partial charge in [-0.2, -0.15) is 0 Å². The molecule has 0 atom stereocenters. The summed E-state index contributed by atoms with van der Waals surface area (Å²) >= 11 is 0. The molecule has 0 saturated carbocycles. The van der Waals surface area contributed by atoms with E-state index in [4.69, 9.17) is 9.53 Å². The molecule has 0 aromatic heterocycles. The van der Waals surface area contributed by atoms with Gasteiger partial charge in [0.05, 0.1) is 0 Å². The highest BCUT2D eigenvalue weighted by Gasteiger charge is 2.02. The molecule has 0 spiro atoms. The van der Waals surface area contributed by atoms with Gasteiger partial charge in [0.2, 0.25) is 0 Å². The molecule has 70 valence electrons. The van der Waals surface area contributed by atoms with Gasteiger partial charge in [-0.1, -0.05) is 13.0 Å². The molecule has 3 nitrogen and oxygen atoms in total. The number of hydrogen-bond acceptors (Lipinski definition) is 2. The highest BCUT2D eigenvalue weighted by molar-refractivity contribution is 6.26. The number of aliphatic carboxylic acids is 1.